The third-order valence-corrected chi connectivity index (χ3v) is 6.08. The van der Waals surface area contributed by atoms with Crippen molar-refractivity contribution in [2.24, 2.45) is 5.73 Å². The molecular formula is C25H23N7O3. The van der Waals surface area contributed by atoms with Crippen molar-refractivity contribution in [3.8, 4) is 11.4 Å². The second-order valence-electron chi connectivity index (χ2n) is 8.34. The minimum Gasteiger partial charge on any atom is -0.366 e. The number of fused-ring (bicyclic) bond motifs is 1. The average Bonchev–Trinajstić information content (AvgIpc) is 3.33. The van der Waals surface area contributed by atoms with Crippen LogP contribution in [0.5, 0.6) is 0 Å². The Balaban J connectivity index is 1.26. The highest BCUT2D eigenvalue weighted by Crippen LogP contribution is 2.24. The Morgan fingerprint density at radius 1 is 0.914 bits per heavy atom. The summed E-state index contributed by atoms with van der Waals surface area (Å²) >= 11 is 0. The van der Waals surface area contributed by atoms with Gasteiger partial charge in [-0.3, -0.25) is 14.4 Å². The number of carbonyl (C=O) groups excluding carboxylic acids is 3. The van der Waals surface area contributed by atoms with Crippen LogP contribution in [-0.2, 0) is 0 Å². The SMILES string of the molecule is CC(=O)c1cnc(N2CCN(C(=O)c3ccc(-c4nc5c(C(N)=O)cccc5[nH]4)cc3)CC2)nc1. The molecule has 0 aliphatic carbocycles. The highest BCUT2D eigenvalue weighted by Gasteiger charge is 2.24. The molecular weight excluding hydrogens is 446 g/mol. The Bertz CT molecular complexity index is 1420. The van der Waals surface area contributed by atoms with Crippen molar-refractivity contribution in [2.45, 2.75) is 6.92 Å². The van der Waals surface area contributed by atoms with Crippen LogP contribution in [-0.4, -0.2) is 68.6 Å². The van der Waals surface area contributed by atoms with Gasteiger partial charge in [0.05, 0.1) is 16.6 Å². The number of piperazine rings is 1. The van der Waals surface area contributed by atoms with E-state index in [-0.39, 0.29) is 11.7 Å². The Labute approximate surface area is 200 Å². The normalized spacial score (nSPS) is 13.7. The molecule has 0 unspecified atom stereocenters. The van der Waals surface area contributed by atoms with Gasteiger partial charge >= 0.3 is 0 Å². The number of ketones is 1. The molecule has 1 fully saturated rings. The first kappa shape index (κ1) is 22.2. The number of aromatic amines is 1. The van der Waals surface area contributed by atoms with Gasteiger partial charge < -0.3 is 20.5 Å². The van der Waals surface area contributed by atoms with E-state index in [1.165, 1.54) is 19.3 Å². The Morgan fingerprint density at radius 2 is 1.60 bits per heavy atom. The van der Waals surface area contributed by atoms with Gasteiger partial charge in [0.2, 0.25) is 5.95 Å². The van der Waals surface area contributed by atoms with Gasteiger partial charge in [-0.1, -0.05) is 18.2 Å². The van der Waals surface area contributed by atoms with Crippen LogP contribution in [0.3, 0.4) is 0 Å². The molecule has 0 spiro atoms. The van der Waals surface area contributed by atoms with Crippen molar-refractivity contribution in [3.05, 3.63) is 71.5 Å². The summed E-state index contributed by atoms with van der Waals surface area (Å²) in [6.07, 6.45) is 3.06. The third-order valence-electron chi connectivity index (χ3n) is 6.08. The van der Waals surface area contributed by atoms with E-state index in [0.717, 1.165) is 5.56 Å². The Hall–Kier alpha value is -4.60. The molecule has 10 nitrogen and oxygen atoms in total. The van der Waals surface area contributed by atoms with Crippen molar-refractivity contribution in [1.29, 1.82) is 0 Å². The summed E-state index contributed by atoms with van der Waals surface area (Å²) < 4.78 is 0. The first-order valence-corrected chi connectivity index (χ1v) is 11.2. The Kier molecular flexibility index (Phi) is 5.69. The largest absolute Gasteiger partial charge is 0.366 e. The quantitative estimate of drug-likeness (QED) is 0.428. The molecule has 0 saturated carbocycles. The molecule has 3 heterocycles. The van der Waals surface area contributed by atoms with Gasteiger partial charge in [-0.05, 0) is 31.2 Å². The second kappa shape index (κ2) is 8.98. The molecule has 35 heavy (non-hydrogen) atoms. The zero-order valence-electron chi connectivity index (χ0n) is 19.1. The van der Waals surface area contributed by atoms with Gasteiger partial charge in [0, 0.05) is 49.7 Å². The van der Waals surface area contributed by atoms with Crippen LogP contribution in [0.15, 0.2) is 54.9 Å². The lowest BCUT2D eigenvalue weighted by molar-refractivity contribution is 0.0745. The summed E-state index contributed by atoms with van der Waals surface area (Å²) in [6, 6.07) is 12.4. The van der Waals surface area contributed by atoms with Gasteiger partial charge in [-0.25, -0.2) is 15.0 Å². The van der Waals surface area contributed by atoms with E-state index in [9.17, 15) is 14.4 Å². The van der Waals surface area contributed by atoms with Crippen LogP contribution >= 0.6 is 0 Å². The van der Waals surface area contributed by atoms with Gasteiger partial charge in [-0.15, -0.1) is 0 Å². The summed E-state index contributed by atoms with van der Waals surface area (Å²) in [7, 11) is 0. The summed E-state index contributed by atoms with van der Waals surface area (Å²) in [6.45, 7) is 3.76. The smallest absolute Gasteiger partial charge is 0.253 e. The number of primary amides is 1. The maximum atomic E-state index is 13.0. The molecule has 176 valence electrons. The molecule has 2 aromatic carbocycles. The standard InChI is InChI=1S/C25H23N7O3/c1-15(33)18-13-27-25(28-14-18)32-11-9-31(10-12-32)24(35)17-7-5-16(6-8-17)23-29-20-4-2-3-19(22(26)34)21(20)30-23/h2-8,13-14H,9-12H2,1H3,(H2,26,34)(H,29,30). The minimum absolute atomic E-state index is 0.0512. The van der Waals surface area contributed by atoms with Crippen molar-refractivity contribution in [1.82, 2.24) is 24.8 Å². The summed E-state index contributed by atoms with van der Waals surface area (Å²) in [5.41, 5.74) is 8.90. The lowest BCUT2D eigenvalue weighted by Crippen LogP contribution is -2.49. The number of hydrogen-bond donors (Lipinski definition) is 2. The van der Waals surface area contributed by atoms with E-state index >= 15 is 0 Å². The molecule has 0 atom stereocenters. The van der Waals surface area contributed by atoms with E-state index in [0.29, 0.717) is 65.7 Å². The lowest BCUT2D eigenvalue weighted by atomic mass is 10.1. The Morgan fingerprint density at radius 3 is 2.23 bits per heavy atom. The minimum atomic E-state index is -0.533. The molecule has 5 rings (SSSR count). The lowest BCUT2D eigenvalue weighted by Gasteiger charge is -2.34. The molecule has 1 saturated heterocycles. The molecule has 1 aliphatic heterocycles. The average molecular weight is 470 g/mol. The van der Waals surface area contributed by atoms with E-state index in [2.05, 4.69) is 19.9 Å². The van der Waals surface area contributed by atoms with Gasteiger partial charge in [-0.2, -0.15) is 0 Å². The maximum absolute atomic E-state index is 13.0. The molecule has 1 aliphatic rings. The van der Waals surface area contributed by atoms with Crippen molar-refractivity contribution in [3.63, 3.8) is 0 Å². The van der Waals surface area contributed by atoms with Crippen LogP contribution in [0, 0.1) is 0 Å². The van der Waals surface area contributed by atoms with E-state index in [4.69, 9.17) is 5.73 Å². The fourth-order valence-electron chi connectivity index (χ4n) is 4.10. The predicted molar refractivity (Wildman–Crippen MR) is 130 cm³/mol. The molecule has 0 bridgehead atoms. The topological polar surface area (TPSA) is 138 Å². The van der Waals surface area contributed by atoms with Crippen molar-refractivity contribution in [2.75, 3.05) is 31.1 Å². The molecule has 2 aromatic heterocycles. The zero-order valence-corrected chi connectivity index (χ0v) is 19.1. The first-order chi connectivity index (χ1) is 16.9. The second-order valence-corrected chi connectivity index (χ2v) is 8.34. The first-order valence-electron chi connectivity index (χ1n) is 11.2. The fourth-order valence-corrected chi connectivity index (χ4v) is 4.10. The van der Waals surface area contributed by atoms with Crippen molar-refractivity contribution >= 4 is 34.6 Å². The number of nitrogens with zero attached hydrogens (tertiary/aromatic N) is 5. The number of aromatic nitrogens is 4. The van der Waals surface area contributed by atoms with Crippen LogP contribution in [0.2, 0.25) is 0 Å². The van der Waals surface area contributed by atoms with E-state index in [1.807, 2.05) is 23.1 Å². The van der Waals surface area contributed by atoms with Crippen LogP contribution in [0.25, 0.3) is 22.4 Å². The van der Waals surface area contributed by atoms with Crippen LogP contribution in [0.4, 0.5) is 5.95 Å². The van der Waals surface area contributed by atoms with Crippen LogP contribution < -0.4 is 10.6 Å². The highest BCUT2D eigenvalue weighted by atomic mass is 16.2. The molecule has 0 radical (unpaired) electrons. The number of carbonyl (C=O) groups is 3. The molecule has 3 N–H and O–H groups in total. The number of imidazole rings is 1. The number of rotatable bonds is 5. The number of H-pyrrole nitrogens is 1. The van der Waals surface area contributed by atoms with Crippen LogP contribution in [0.1, 0.15) is 38.0 Å². The molecule has 4 aromatic rings. The maximum Gasteiger partial charge on any atom is 0.253 e. The summed E-state index contributed by atoms with van der Waals surface area (Å²) in [4.78, 5) is 56.2. The van der Waals surface area contributed by atoms with E-state index in [1.54, 1.807) is 29.2 Å². The number of nitrogens with one attached hydrogen (secondary N) is 1. The molecule has 10 heteroatoms. The van der Waals surface area contributed by atoms with Gasteiger partial charge in [0.1, 0.15) is 11.3 Å². The van der Waals surface area contributed by atoms with Crippen molar-refractivity contribution < 1.29 is 14.4 Å². The van der Waals surface area contributed by atoms with Gasteiger partial charge in [0.25, 0.3) is 11.8 Å². The zero-order chi connectivity index (χ0) is 24.5. The number of para-hydroxylation sites is 1. The number of amides is 2. The van der Waals surface area contributed by atoms with Gasteiger partial charge in [0.15, 0.2) is 5.78 Å². The fraction of sp³-hybridized carbons (Fsp3) is 0.200. The third kappa shape index (κ3) is 4.33. The number of nitrogens with two attached hydrogens (primary N) is 1. The summed E-state index contributed by atoms with van der Waals surface area (Å²) in [5.74, 6) is 0.488. The predicted octanol–water partition coefficient (Wildman–Crippen LogP) is 2.28. The highest BCUT2D eigenvalue weighted by molar-refractivity contribution is 6.04. The molecule has 2 amide bonds. The number of anilines is 1. The number of benzene rings is 2. The number of hydrogen-bond acceptors (Lipinski definition) is 7. The number of Topliss-reactive ketones (excluding diaryl/α,β-unsaturated/α-hetero) is 1. The van der Waals surface area contributed by atoms with E-state index < -0.39 is 5.91 Å². The monoisotopic (exact) mass is 469 g/mol. The summed E-state index contributed by atoms with van der Waals surface area (Å²) in [5, 5.41) is 0.